The molecule has 23 atom stereocenters. The van der Waals surface area contributed by atoms with E-state index < -0.39 is 159 Å². The third-order valence-corrected chi connectivity index (χ3v) is 14.7. The average Bonchev–Trinajstić information content (AvgIpc) is 3.34. The lowest BCUT2D eigenvalue weighted by Crippen LogP contribution is -2.68. The fraction of sp³-hybridized carbons (Fsp3) is 0.940. The van der Waals surface area contributed by atoms with Crippen LogP contribution in [0, 0.1) is 11.8 Å². The van der Waals surface area contributed by atoms with Gasteiger partial charge in [-0.2, -0.15) is 0 Å². The van der Waals surface area contributed by atoms with Crippen LogP contribution < -0.4 is 0 Å². The van der Waals surface area contributed by atoms with Crippen LogP contribution in [0.3, 0.4) is 0 Å². The lowest BCUT2D eigenvalue weighted by Gasteiger charge is -2.50. The zero-order chi connectivity index (χ0) is 52.1. The van der Waals surface area contributed by atoms with Gasteiger partial charge in [0.15, 0.2) is 49.6 Å². The van der Waals surface area contributed by atoms with Crippen molar-refractivity contribution in [3.8, 4) is 0 Å². The number of hydrogen-bond acceptors (Lipinski definition) is 21. The van der Waals surface area contributed by atoms with Gasteiger partial charge in [0.1, 0.15) is 54.9 Å². The fourth-order valence-corrected chi connectivity index (χ4v) is 9.46. The molecule has 5 aliphatic rings. The maximum Gasteiger partial charge on any atom is 0.309 e. The average molecular weight is 1020 g/mol. The number of ether oxygens (including phenoxy) is 11. The van der Waals surface area contributed by atoms with Crippen molar-refractivity contribution < 1.29 is 102 Å². The van der Waals surface area contributed by atoms with Crippen LogP contribution in [0.15, 0.2) is 0 Å². The van der Waals surface area contributed by atoms with Gasteiger partial charge in [0.2, 0.25) is 0 Å². The highest BCUT2D eigenvalue weighted by Gasteiger charge is 2.58. The van der Waals surface area contributed by atoms with Crippen molar-refractivity contribution in [2.24, 2.45) is 11.8 Å². The van der Waals surface area contributed by atoms with Crippen LogP contribution in [-0.4, -0.2) is 189 Å². The van der Waals surface area contributed by atoms with Gasteiger partial charge in [-0.3, -0.25) is 14.4 Å². The molecule has 21 heteroatoms. The molecule has 0 radical (unpaired) electrons. The maximum atomic E-state index is 13.9. The molecule has 0 aromatic carbocycles. The zero-order valence-electron chi connectivity index (χ0n) is 42.9. The van der Waals surface area contributed by atoms with Gasteiger partial charge in [0.05, 0.1) is 42.9 Å². The van der Waals surface area contributed by atoms with E-state index in [0.29, 0.717) is 32.1 Å². The molecule has 2 bridgehead atoms. The smallest absolute Gasteiger partial charge is 0.309 e. The molecule has 5 saturated heterocycles. The van der Waals surface area contributed by atoms with E-state index in [-0.39, 0.29) is 12.5 Å². The maximum absolute atomic E-state index is 13.9. The van der Waals surface area contributed by atoms with Crippen LogP contribution in [0.25, 0.3) is 0 Å². The minimum atomic E-state index is -1.86. The summed E-state index contributed by atoms with van der Waals surface area (Å²) in [4.78, 5) is 41.3. The Bertz CT molecular complexity index is 1610. The SMILES string of the molecule is CCCCC[C@H]1CCCCCCCCCC(=O)O[C@H]2[C@H](O)[C@@H](CO)O[C@@H](O[C@H]3[C@H](O1)O[C@H](C)[C@H](O)[C@@H]3O)[C@@H]2O[C@@H]1O[C@@H](C)[C@H](OC(=O)[C@@H](C)CC)[C@@H](O[C@@H]2O[C@@H](C)[C@@H](O)[C@@H](O)[C@@H]2O)[C@H]1OC(=O)[C@@H](C)CC. The monoisotopic (exact) mass is 1020 g/mol. The Labute approximate surface area is 418 Å². The Hall–Kier alpha value is -2.19. The number of fused-ring (bicyclic) bond motifs is 3. The quantitative estimate of drug-likeness (QED) is 0.0705. The molecule has 0 saturated carbocycles. The van der Waals surface area contributed by atoms with Gasteiger partial charge in [-0.15, -0.1) is 0 Å². The summed E-state index contributed by atoms with van der Waals surface area (Å²) in [5.74, 6) is -3.52. The first-order valence-electron chi connectivity index (χ1n) is 26.4. The number of aliphatic hydroxyl groups excluding tert-OH is 7. The van der Waals surface area contributed by atoms with Crippen LogP contribution in [0.5, 0.6) is 0 Å². The Morgan fingerprint density at radius 2 is 1.15 bits per heavy atom. The van der Waals surface area contributed by atoms with Crippen molar-refractivity contribution in [2.75, 3.05) is 6.61 Å². The van der Waals surface area contributed by atoms with Gasteiger partial charge in [0.25, 0.3) is 0 Å². The molecule has 0 unspecified atom stereocenters. The summed E-state index contributed by atoms with van der Waals surface area (Å²) < 4.78 is 69.4. The van der Waals surface area contributed by atoms with Crippen molar-refractivity contribution in [2.45, 2.75) is 281 Å². The predicted octanol–water partition coefficient (Wildman–Crippen LogP) is 2.58. The summed E-state index contributed by atoms with van der Waals surface area (Å²) in [7, 11) is 0. The van der Waals surface area contributed by atoms with Crippen molar-refractivity contribution in [1.82, 2.24) is 0 Å². The van der Waals surface area contributed by atoms with Crippen molar-refractivity contribution in [3.05, 3.63) is 0 Å². The first-order valence-corrected chi connectivity index (χ1v) is 26.4. The number of esters is 3. The van der Waals surface area contributed by atoms with E-state index >= 15 is 0 Å². The molecule has 7 N–H and O–H groups in total. The molecule has 0 amide bonds. The van der Waals surface area contributed by atoms with E-state index in [1.807, 2.05) is 0 Å². The van der Waals surface area contributed by atoms with E-state index in [4.69, 9.17) is 52.1 Å². The molecule has 412 valence electrons. The highest BCUT2D eigenvalue weighted by molar-refractivity contribution is 5.73. The topological polar surface area (TPSA) is 294 Å². The number of carbonyl (C=O) groups is 3. The molecule has 5 rings (SSSR count). The summed E-state index contributed by atoms with van der Waals surface area (Å²) in [5.41, 5.74) is 0. The van der Waals surface area contributed by atoms with E-state index in [2.05, 4.69) is 6.92 Å². The van der Waals surface area contributed by atoms with Crippen LogP contribution in [0.4, 0.5) is 0 Å². The van der Waals surface area contributed by atoms with Crippen LogP contribution >= 0.6 is 0 Å². The predicted molar refractivity (Wildman–Crippen MR) is 249 cm³/mol. The Kier molecular flexibility index (Phi) is 24.1. The van der Waals surface area contributed by atoms with Crippen LogP contribution in [0.1, 0.15) is 152 Å². The van der Waals surface area contributed by atoms with Gasteiger partial charge in [-0.05, 0) is 52.9 Å². The first kappa shape index (κ1) is 59.7. The molecule has 21 nitrogen and oxygen atoms in total. The van der Waals surface area contributed by atoms with E-state index in [1.165, 1.54) is 13.8 Å². The molecule has 5 aliphatic heterocycles. The molecular weight excluding hydrogens is 937 g/mol. The highest BCUT2D eigenvalue weighted by Crippen LogP contribution is 2.39. The Balaban J connectivity index is 1.63. The third-order valence-electron chi connectivity index (χ3n) is 14.7. The Morgan fingerprint density at radius 3 is 1.79 bits per heavy atom. The van der Waals surface area contributed by atoms with Crippen molar-refractivity contribution in [1.29, 1.82) is 0 Å². The fourth-order valence-electron chi connectivity index (χ4n) is 9.46. The standard InChI is InChI=1S/C50H86O21/c1-9-12-18-21-30-22-19-16-14-13-15-17-20-23-32(52)66-40-35(55)31(24-51)65-50(69-41-37(57)34(54)28(7)62-48(41)64-30)43(40)71-49-44(68-46(60)26(5)11-3)42(39(29(8)63-49)67-45(59)25(4)10-2)70-47-38(58)36(56)33(53)27(6)61-47/h25-31,33-44,47-51,53-58H,9-24H2,1-8H3/t25-,26-,27-,28+,29-,30-,31+,33+,34-,35+,36+,37-,38-,39-,40-,41+,42+,43+,44+,47-,48-,49-,50-/m0/s1. The number of hydrogen-bond donors (Lipinski definition) is 7. The van der Waals surface area contributed by atoms with E-state index in [1.54, 1.807) is 34.6 Å². The molecule has 5 fully saturated rings. The number of carbonyl (C=O) groups excluding carboxylic acids is 3. The summed E-state index contributed by atoms with van der Waals surface area (Å²) in [6.07, 6.45) is -20.8. The second kappa shape index (κ2) is 28.6. The van der Waals surface area contributed by atoms with E-state index in [0.717, 1.165) is 57.8 Å². The van der Waals surface area contributed by atoms with Crippen LogP contribution in [-0.2, 0) is 66.5 Å². The number of aliphatic hydroxyl groups is 7. The zero-order valence-corrected chi connectivity index (χ0v) is 42.9. The molecule has 0 aliphatic carbocycles. The molecule has 71 heavy (non-hydrogen) atoms. The molecule has 0 spiro atoms. The molecule has 0 aromatic heterocycles. The molecule has 5 heterocycles. The second-order valence-corrected chi connectivity index (χ2v) is 20.2. The largest absolute Gasteiger partial charge is 0.456 e. The van der Waals surface area contributed by atoms with E-state index in [9.17, 15) is 50.1 Å². The lowest BCUT2D eigenvalue weighted by molar-refractivity contribution is -0.400. The van der Waals surface area contributed by atoms with Gasteiger partial charge in [0, 0.05) is 6.42 Å². The van der Waals surface area contributed by atoms with Gasteiger partial charge < -0.3 is 87.9 Å². The van der Waals surface area contributed by atoms with Crippen molar-refractivity contribution in [3.63, 3.8) is 0 Å². The molecule has 0 aromatic rings. The summed E-state index contributed by atoms with van der Waals surface area (Å²) in [6, 6.07) is 0. The Morgan fingerprint density at radius 1 is 0.577 bits per heavy atom. The third kappa shape index (κ3) is 15.7. The normalized spacial score (nSPS) is 42.2. The minimum absolute atomic E-state index is 0.0470. The van der Waals surface area contributed by atoms with Gasteiger partial charge >= 0.3 is 17.9 Å². The summed E-state index contributed by atoms with van der Waals surface area (Å²) in [6.45, 7) is 12.6. The molecular formula is C50H86O21. The lowest BCUT2D eigenvalue weighted by atomic mass is 9.95. The number of rotatable bonds is 15. The minimum Gasteiger partial charge on any atom is -0.456 e. The second-order valence-electron chi connectivity index (χ2n) is 20.2. The van der Waals surface area contributed by atoms with Gasteiger partial charge in [-0.25, -0.2) is 0 Å². The number of unbranched alkanes of at least 4 members (excludes halogenated alkanes) is 2. The highest BCUT2D eigenvalue weighted by atomic mass is 16.8. The van der Waals surface area contributed by atoms with Gasteiger partial charge in [-0.1, -0.05) is 92.4 Å². The van der Waals surface area contributed by atoms with Crippen LogP contribution in [0.2, 0.25) is 0 Å². The summed E-state index contributed by atoms with van der Waals surface area (Å²) in [5, 5.41) is 78.2. The summed E-state index contributed by atoms with van der Waals surface area (Å²) >= 11 is 0. The van der Waals surface area contributed by atoms with Crippen molar-refractivity contribution >= 4 is 17.9 Å². The first-order chi connectivity index (χ1) is 33.8.